The highest BCUT2D eigenvalue weighted by atomic mass is 16.2. The molecule has 1 saturated heterocycles. The van der Waals surface area contributed by atoms with Crippen LogP contribution < -0.4 is 0 Å². The predicted octanol–water partition coefficient (Wildman–Crippen LogP) is 0.190. The molecule has 0 radical (unpaired) electrons. The van der Waals surface area contributed by atoms with Gasteiger partial charge in [0.25, 0.3) is 0 Å². The van der Waals surface area contributed by atoms with E-state index in [0.717, 1.165) is 23.5 Å². The zero-order valence-electron chi connectivity index (χ0n) is 14.7. The average molecular weight is 321 g/mol. The van der Waals surface area contributed by atoms with Crippen molar-refractivity contribution in [3.8, 4) is 0 Å². The molecule has 128 valence electrons. The van der Waals surface area contributed by atoms with Gasteiger partial charge < -0.3 is 14.7 Å². The number of nitrogens with zero attached hydrogens (tertiary/aromatic N) is 4. The lowest BCUT2D eigenvalue weighted by Gasteiger charge is -2.40. The first-order chi connectivity index (χ1) is 10.8. The molecule has 2 heterocycles. The second-order valence-electron chi connectivity index (χ2n) is 6.51. The van der Waals surface area contributed by atoms with Crippen LogP contribution in [0.15, 0.2) is 0 Å². The Kier molecular flexibility index (Phi) is 5.41. The van der Waals surface area contributed by atoms with Gasteiger partial charge in [0.05, 0.1) is 5.69 Å². The molecule has 1 aliphatic rings. The van der Waals surface area contributed by atoms with Gasteiger partial charge >= 0.3 is 0 Å². The SMILES string of the molecule is Cc1n[nH]c(C)c1CCC(=O)N1CCN(C)CC1C(=O)N(C)C. The maximum absolute atomic E-state index is 12.7. The molecule has 7 heteroatoms. The molecule has 0 saturated carbocycles. The van der Waals surface area contributed by atoms with E-state index in [1.165, 1.54) is 0 Å². The van der Waals surface area contributed by atoms with Crippen molar-refractivity contribution < 1.29 is 9.59 Å². The van der Waals surface area contributed by atoms with Crippen molar-refractivity contribution >= 4 is 11.8 Å². The smallest absolute Gasteiger partial charge is 0.246 e. The van der Waals surface area contributed by atoms with Gasteiger partial charge in [-0.2, -0.15) is 5.10 Å². The fraction of sp³-hybridized carbons (Fsp3) is 0.688. The second-order valence-corrected chi connectivity index (χ2v) is 6.51. The van der Waals surface area contributed by atoms with Crippen molar-refractivity contribution in [1.29, 1.82) is 0 Å². The van der Waals surface area contributed by atoms with Crippen molar-refractivity contribution in [2.45, 2.75) is 32.7 Å². The Morgan fingerprint density at radius 2 is 2.00 bits per heavy atom. The zero-order valence-corrected chi connectivity index (χ0v) is 14.7. The van der Waals surface area contributed by atoms with E-state index in [-0.39, 0.29) is 17.9 Å². The Bertz CT molecular complexity index is 562. The molecule has 0 aromatic carbocycles. The van der Waals surface area contributed by atoms with E-state index < -0.39 is 0 Å². The third-order valence-corrected chi connectivity index (χ3v) is 4.50. The summed E-state index contributed by atoms with van der Waals surface area (Å²) in [4.78, 5) is 30.5. The lowest BCUT2D eigenvalue weighted by molar-refractivity contribution is -0.147. The van der Waals surface area contributed by atoms with Gasteiger partial charge in [-0.3, -0.25) is 14.7 Å². The molecule has 1 fully saturated rings. The number of rotatable bonds is 4. The highest BCUT2D eigenvalue weighted by molar-refractivity contribution is 5.88. The standard InChI is InChI=1S/C16H27N5O2/c1-11-13(12(2)18-17-11)6-7-15(22)21-9-8-20(5)10-14(21)16(23)19(3)4/h14H,6-10H2,1-5H3,(H,17,18). The maximum Gasteiger partial charge on any atom is 0.246 e. The van der Waals surface area contributed by atoms with Crippen LogP contribution in [0, 0.1) is 13.8 Å². The number of piperazine rings is 1. The Labute approximate surface area is 137 Å². The Hall–Kier alpha value is -1.89. The molecular formula is C16H27N5O2. The molecule has 1 N–H and O–H groups in total. The molecule has 0 bridgehead atoms. The minimum Gasteiger partial charge on any atom is -0.347 e. The maximum atomic E-state index is 12.7. The summed E-state index contributed by atoms with van der Waals surface area (Å²) in [6.45, 7) is 5.90. The highest BCUT2D eigenvalue weighted by Gasteiger charge is 2.34. The van der Waals surface area contributed by atoms with Crippen LogP contribution in [0.4, 0.5) is 0 Å². The van der Waals surface area contributed by atoms with Crippen LogP contribution in [0.5, 0.6) is 0 Å². The van der Waals surface area contributed by atoms with Crippen molar-refractivity contribution in [3.63, 3.8) is 0 Å². The van der Waals surface area contributed by atoms with E-state index in [1.54, 1.807) is 23.9 Å². The number of amides is 2. The quantitative estimate of drug-likeness (QED) is 0.859. The van der Waals surface area contributed by atoms with Gasteiger partial charge in [0, 0.05) is 45.8 Å². The zero-order chi connectivity index (χ0) is 17.1. The number of likely N-dealkylation sites (N-methyl/N-ethyl adjacent to an activating group) is 2. The lowest BCUT2D eigenvalue weighted by Crippen LogP contribution is -2.59. The molecular weight excluding hydrogens is 294 g/mol. The van der Waals surface area contributed by atoms with Crippen LogP contribution in [-0.2, 0) is 16.0 Å². The fourth-order valence-electron chi connectivity index (χ4n) is 3.05. The Morgan fingerprint density at radius 1 is 1.30 bits per heavy atom. The lowest BCUT2D eigenvalue weighted by atomic mass is 10.1. The molecule has 1 atom stereocenters. The number of carbonyl (C=O) groups is 2. The molecule has 1 aromatic rings. The Balaban J connectivity index is 2.05. The third kappa shape index (κ3) is 3.90. The molecule has 2 rings (SSSR count). The van der Waals surface area contributed by atoms with E-state index >= 15 is 0 Å². The van der Waals surface area contributed by atoms with E-state index in [2.05, 4.69) is 15.1 Å². The predicted molar refractivity (Wildman–Crippen MR) is 88.1 cm³/mol. The summed E-state index contributed by atoms with van der Waals surface area (Å²) in [5.41, 5.74) is 3.05. The average Bonchev–Trinajstić information content (AvgIpc) is 2.82. The van der Waals surface area contributed by atoms with E-state index in [1.807, 2.05) is 20.9 Å². The topological polar surface area (TPSA) is 72.5 Å². The summed E-state index contributed by atoms with van der Waals surface area (Å²) in [6.07, 6.45) is 1.06. The van der Waals surface area contributed by atoms with Crippen LogP contribution in [-0.4, -0.2) is 83.5 Å². The van der Waals surface area contributed by atoms with E-state index in [4.69, 9.17) is 0 Å². The van der Waals surface area contributed by atoms with Crippen molar-refractivity contribution in [3.05, 3.63) is 17.0 Å². The fourth-order valence-corrected chi connectivity index (χ4v) is 3.05. The van der Waals surface area contributed by atoms with Crippen LogP contribution in [0.25, 0.3) is 0 Å². The molecule has 2 amide bonds. The minimum absolute atomic E-state index is 0.0134. The summed E-state index contributed by atoms with van der Waals surface area (Å²) in [5.74, 6) is 0.0267. The third-order valence-electron chi connectivity index (χ3n) is 4.50. The highest BCUT2D eigenvalue weighted by Crippen LogP contribution is 2.16. The molecule has 1 aromatic heterocycles. The molecule has 7 nitrogen and oxygen atoms in total. The van der Waals surface area contributed by atoms with Gasteiger partial charge in [-0.05, 0) is 32.9 Å². The largest absolute Gasteiger partial charge is 0.347 e. The van der Waals surface area contributed by atoms with Gasteiger partial charge in [0.1, 0.15) is 6.04 Å². The van der Waals surface area contributed by atoms with Gasteiger partial charge in [-0.1, -0.05) is 0 Å². The van der Waals surface area contributed by atoms with Gasteiger partial charge in [-0.15, -0.1) is 0 Å². The van der Waals surface area contributed by atoms with Gasteiger partial charge in [0.2, 0.25) is 11.8 Å². The van der Waals surface area contributed by atoms with Crippen LogP contribution >= 0.6 is 0 Å². The first-order valence-corrected chi connectivity index (χ1v) is 8.01. The van der Waals surface area contributed by atoms with Crippen molar-refractivity contribution in [2.75, 3.05) is 40.8 Å². The van der Waals surface area contributed by atoms with Gasteiger partial charge in [-0.25, -0.2) is 0 Å². The van der Waals surface area contributed by atoms with E-state index in [9.17, 15) is 9.59 Å². The number of aromatic nitrogens is 2. The number of aryl methyl sites for hydroxylation is 2. The van der Waals surface area contributed by atoms with E-state index in [0.29, 0.717) is 25.9 Å². The van der Waals surface area contributed by atoms with Crippen LogP contribution in [0.2, 0.25) is 0 Å². The van der Waals surface area contributed by atoms with Crippen LogP contribution in [0.3, 0.4) is 0 Å². The molecule has 23 heavy (non-hydrogen) atoms. The molecule has 0 aliphatic carbocycles. The van der Waals surface area contributed by atoms with Crippen molar-refractivity contribution in [1.82, 2.24) is 24.9 Å². The van der Waals surface area contributed by atoms with Crippen molar-refractivity contribution in [2.24, 2.45) is 0 Å². The monoisotopic (exact) mass is 321 g/mol. The second kappa shape index (κ2) is 7.12. The Morgan fingerprint density at radius 3 is 2.57 bits per heavy atom. The summed E-state index contributed by atoms with van der Waals surface area (Å²) in [7, 11) is 5.45. The summed E-state index contributed by atoms with van der Waals surface area (Å²) in [6, 6.07) is -0.386. The first kappa shape index (κ1) is 17.5. The normalized spacial score (nSPS) is 19.0. The minimum atomic E-state index is -0.386. The first-order valence-electron chi connectivity index (χ1n) is 8.01. The number of carbonyl (C=O) groups excluding carboxylic acids is 2. The molecule has 1 unspecified atom stereocenters. The molecule has 0 spiro atoms. The van der Waals surface area contributed by atoms with Crippen LogP contribution in [0.1, 0.15) is 23.4 Å². The summed E-state index contributed by atoms with van der Waals surface area (Å²) in [5, 5.41) is 7.11. The summed E-state index contributed by atoms with van der Waals surface area (Å²) < 4.78 is 0. The summed E-state index contributed by atoms with van der Waals surface area (Å²) >= 11 is 0. The molecule has 1 aliphatic heterocycles. The number of hydrogen-bond donors (Lipinski definition) is 1. The number of aromatic amines is 1. The number of hydrogen-bond acceptors (Lipinski definition) is 4. The number of nitrogens with one attached hydrogen (secondary N) is 1. The van der Waals surface area contributed by atoms with Gasteiger partial charge in [0.15, 0.2) is 0 Å². The number of H-pyrrole nitrogens is 1.